The fourth-order valence-electron chi connectivity index (χ4n) is 2.25. The van der Waals surface area contributed by atoms with Gasteiger partial charge in [0.15, 0.2) is 0 Å². The van der Waals surface area contributed by atoms with Crippen molar-refractivity contribution in [2.24, 2.45) is 11.7 Å². The molecule has 162 valence electrons. The molecule has 0 saturated carbocycles. The Morgan fingerprint density at radius 3 is 2.04 bits per heavy atom. The fourth-order valence-corrected chi connectivity index (χ4v) is 2.72. The van der Waals surface area contributed by atoms with E-state index in [9.17, 15) is 24.3 Å². The van der Waals surface area contributed by atoms with Gasteiger partial charge in [-0.05, 0) is 37.7 Å². The van der Waals surface area contributed by atoms with Gasteiger partial charge < -0.3 is 31.9 Å². The van der Waals surface area contributed by atoms with Crippen LogP contribution < -0.4 is 21.7 Å². The molecule has 7 N–H and O–H groups in total. The second kappa shape index (κ2) is 13.3. The summed E-state index contributed by atoms with van der Waals surface area (Å²) >= 11 is 1.48. The Hall–Kier alpha value is -1.85. The van der Waals surface area contributed by atoms with Crippen molar-refractivity contribution in [3.05, 3.63) is 0 Å². The summed E-state index contributed by atoms with van der Waals surface area (Å²) in [6, 6.07) is -3.06. The van der Waals surface area contributed by atoms with Gasteiger partial charge in [-0.3, -0.25) is 19.2 Å². The zero-order valence-electron chi connectivity index (χ0n) is 16.7. The number of carbonyl (C=O) groups is 4. The predicted molar refractivity (Wildman–Crippen MR) is 107 cm³/mol. The number of carboxylic acids is 1. The third kappa shape index (κ3) is 10.5. The van der Waals surface area contributed by atoms with E-state index in [-0.39, 0.29) is 5.92 Å². The highest BCUT2D eigenvalue weighted by atomic mass is 32.2. The molecule has 28 heavy (non-hydrogen) atoms. The van der Waals surface area contributed by atoms with E-state index < -0.39 is 54.5 Å². The molecule has 0 aromatic carbocycles. The van der Waals surface area contributed by atoms with Crippen LogP contribution in [-0.2, 0) is 19.2 Å². The van der Waals surface area contributed by atoms with Crippen LogP contribution >= 0.6 is 11.8 Å². The molecule has 0 radical (unpaired) electrons. The molecule has 0 aromatic heterocycles. The number of hydrogen-bond acceptors (Lipinski definition) is 7. The van der Waals surface area contributed by atoms with Crippen molar-refractivity contribution in [3.8, 4) is 0 Å². The highest BCUT2D eigenvalue weighted by Crippen LogP contribution is 2.07. The first-order valence-corrected chi connectivity index (χ1v) is 10.4. The number of aliphatic carboxylic acids is 1. The van der Waals surface area contributed by atoms with Crippen LogP contribution in [0.25, 0.3) is 0 Å². The molecule has 3 amide bonds. The van der Waals surface area contributed by atoms with E-state index in [2.05, 4.69) is 16.0 Å². The standard InChI is InChI=1S/C17H32N4O6S/c1-9(2)7-12(15(25)19-8-13(23)24)21-16(26)11(5-6-28-4)20-17(27)14(18)10(3)22/h9-12,14,22H,5-8,18H2,1-4H3,(H,19,25)(H,20,27)(H,21,26)(H,23,24). The van der Waals surface area contributed by atoms with E-state index in [4.69, 9.17) is 10.8 Å². The summed E-state index contributed by atoms with van der Waals surface area (Å²) in [5.41, 5.74) is 5.60. The first-order valence-electron chi connectivity index (χ1n) is 9.02. The second-order valence-electron chi connectivity index (χ2n) is 6.91. The van der Waals surface area contributed by atoms with Crippen LogP contribution in [0.5, 0.6) is 0 Å². The van der Waals surface area contributed by atoms with Crippen LogP contribution in [0.3, 0.4) is 0 Å². The van der Waals surface area contributed by atoms with Crippen molar-refractivity contribution in [1.29, 1.82) is 0 Å². The zero-order chi connectivity index (χ0) is 21.9. The molecule has 0 rings (SSSR count). The average Bonchev–Trinajstić information content (AvgIpc) is 2.60. The SMILES string of the molecule is CSCCC(NC(=O)C(N)C(C)O)C(=O)NC(CC(C)C)C(=O)NCC(=O)O. The topological polar surface area (TPSA) is 171 Å². The summed E-state index contributed by atoms with van der Waals surface area (Å²) in [6.45, 7) is 4.53. The number of thioether (sulfide) groups is 1. The summed E-state index contributed by atoms with van der Waals surface area (Å²) in [6.07, 6.45) is 1.36. The van der Waals surface area contributed by atoms with Crippen LogP contribution in [0, 0.1) is 5.92 Å². The van der Waals surface area contributed by atoms with Gasteiger partial charge in [0.1, 0.15) is 24.7 Å². The minimum absolute atomic E-state index is 0.0591. The number of rotatable bonds is 13. The van der Waals surface area contributed by atoms with Crippen molar-refractivity contribution >= 4 is 35.5 Å². The minimum Gasteiger partial charge on any atom is -0.480 e. The number of hydrogen-bond donors (Lipinski definition) is 6. The van der Waals surface area contributed by atoms with E-state index in [0.29, 0.717) is 18.6 Å². The lowest BCUT2D eigenvalue weighted by Crippen LogP contribution is -2.57. The highest BCUT2D eigenvalue weighted by molar-refractivity contribution is 7.98. The molecule has 0 spiro atoms. The third-order valence-corrected chi connectivity index (χ3v) is 4.46. The Morgan fingerprint density at radius 1 is 1.00 bits per heavy atom. The molecule has 0 aliphatic heterocycles. The van der Waals surface area contributed by atoms with Gasteiger partial charge in [0.05, 0.1) is 6.10 Å². The largest absolute Gasteiger partial charge is 0.480 e. The molecule has 0 aromatic rings. The maximum absolute atomic E-state index is 12.7. The smallest absolute Gasteiger partial charge is 0.322 e. The van der Waals surface area contributed by atoms with Gasteiger partial charge in [-0.1, -0.05) is 13.8 Å². The van der Waals surface area contributed by atoms with E-state index in [1.165, 1.54) is 18.7 Å². The first-order chi connectivity index (χ1) is 13.0. The molecule has 10 nitrogen and oxygen atoms in total. The lowest BCUT2D eigenvalue weighted by atomic mass is 10.0. The molecule has 4 unspecified atom stereocenters. The molecule has 0 aliphatic carbocycles. The van der Waals surface area contributed by atoms with Gasteiger partial charge in [0, 0.05) is 0 Å². The first kappa shape index (κ1) is 26.1. The molecule has 0 fully saturated rings. The normalized spacial score (nSPS) is 15.2. The van der Waals surface area contributed by atoms with Gasteiger partial charge in [-0.25, -0.2) is 0 Å². The summed E-state index contributed by atoms with van der Waals surface area (Å²) < 4.78 is 0. The number of carbonyl (C=O) groups excluding carboxylic acids is 3. The Bertz CT molecular complexity index is 544. The van der Waals surface area contributed by atoms with E-state index in [0.717, 1.165) is 0 Å². The van der Waals surface area contributed by atoms with Crippen LogP contribution in [0.2, 0.25) is 0 Å². The average molecular weight is 421 g/mol. The molecule has 0 heterocycles. The van der Waals surface area contributed by atoms with E-state index in [1.54, 1.807) is 0 Å². The van der Waals surface area contributed by atoms with Crippen molar-refractivity contribution in [1.82, 2.24) is 16.0 Å². The fraction of sp³-hybridized carbons (Fsp3) is 0.765. The minimum atomic E-state index is -1.19. The summed E-state index contributed by atoms with van der Waals surface area (Å²) in [7, 11) is 0. The monoisotopic (exact) mass is 420 g/mol. The number of amides is 3. The summed E-state index contributed by atoms with van der Waals surface area (Å²) in [5, 5.41) is 25.5. The summed E-state index contributed by atoms with van der Waals surface area (Å²) in [5.74, 6) is -2.42. The molecule has 0 aliphatic rings. The molecule has 0 saturated heterocycles. The van der Waals surface area contributed by atoms with Gasteiger partial charge in [0.2, 0.25) is 17.7 Å². The Balaban J connectivity index is 5.19. The number of carboxylic acid groups (broad SMARTS) is 1. The molecule has 0 bridgehead atoms. The number of aliphatic hydroxyl groups excluding tert-OH is 1. The van der Waals surface area contributed by atoms with Crippen LogP contribution in [0.1, 0.15) is 33.6 Å². The molecular formula is C17H32N4O6S. The highest BCUT2D eigenvalue weighted by Gasteiger charge is 2.29. The number of nitrogens with one attached hydrogen (secondary N) is 3. The van der Waals surface area contributed by atoms with Crippen molar-refractivity contribution in [2.45, 2.75) is 57.8 Å². The van der Waals surface area contributed by atoms with Crippen LogP contribution in [0.4, 0.5) is 0 Å². The van der Waals surface area contributed by atoms with Gasteiger partial charge in [-0.15, -0.1) is 0 Å². The predicted octanol–water partition coefficient (Wildman–Crippen LogP) is -1.34. The van der Waals surface area contributed by atoms with Gasteiger partial charge >= 0.3 is 5.97 Å². The van der Waals surface area contributed by atoms with Gasteiger partial charge in [0.25, 0.3) is 0 Å². The molecule has 11 heteroatoms. The van der Waals surface area contributed by atoms with E-state index >= 15 is 0 Å². The maximum Gasteiger partial charge on any atom is 0.322 e. The Morgan fingerprint density at radius 2 is 1.57 bits per heavy atom. The zero-order valence-corrected chi connectivity index (χ0v) is 17.5. The van der Waals surface area contributed by atoms with E-state index in [1.807, 2.05) is 20.1 Å². The molecule has 4 atom stereocenters. The maximum atomic E-state index is 12.7. The lowest BCUT2D eigenvalue weighted by molar-refractivity contribution is -0.138. The molecular weight excluding hydrogens is 388 g/mol. The van der Waals surface area contributed by atoms with Gasteiger partial charge in [-0.2, -0.15) is 11.8 Å². The van der Waals surface area contributed by atoms with Crippen molar-refractivity contribution in [3.63, 3.8) is 0 Å². The Kier molecular flexibility index (Phi) is 12.5. The number of aliphatic hydroxyl groups is 1. The van der Waals surface area contributed by atoms with Crippen molar-refractivity contribution < 1.29 is 29.4 Å². The second-order valence-corrected chi connectivity index (χ2v) is 7.90. The lowest BCUT2D eigenvalue weighted by Gasteiger charge is -2.25. The Labute approximate surface area is 169 Å². The van der Waals surface area contributed by atoms with Crippen LogP contribution in [0.15, 0.2) is 0 Å². The third-order valence-electron chi connectivity index (χ3n) is 3.82. The number of nitrogens with two attached hydrogens (primary N) is 1. The quantitative estimate of drug-likeness (QED) is 0.213. The summed E-state index contributed by atoms with van der Waals surface area (Å²) in [4.78, 5) is 47.7. The van der Waals surface area contributed by atoms with Crippen LogP contribution in [-0.4, -0.2) is 76.7 Å². The van der Waals surface area contributed by atoms with Crippen molar-refractivity contribution in [2.75, 3.05) is 18.6 Å².